The Labute approximate surface area is 69.9 Å². The van der Waals surface area contributed by atoms with Crippen molar-refractivity contribution >= 4 is 5.84 Å². The quantitative estimate of drug-likeness (QED) is 0.526. The summed E-state index contributed by atoms with van der Waals surface area (Å²) in [5, 5.41) is 7.21. The maximum atomic E-state index is 11.7. The van der Waals surface area contributed by atoms with Crippen molar-refractivity contribution in [3.63, 3.8) is 0 Å². The van der Waals surface area contributed by atoms with Crippen LogP contribution in [-0.4, -0.2) is 30.5 Å². The van der Waals surface area contributed by atoms with E-state index in [1.807, 2.05) is 0 Å². The fourth-order valence-corrected chi connectivity index (χ4v) is 0.699. The maximum absolute atomic E-state index is 11.7. The number of nitrogens with one attached hydrogen (secondary N) is 1. The zero-order valence-corrected chi connectivity index (χ0v) is 7.20. The van der Waals surface area contributed by atoms with Crippen LogP contribution in [0.2, 0.25) is 0 Å². The minimum atomic E-state index is -4.12. The Morgan fingerprint density at radius 3 is 2.25 bits per heavy atom. The Morgan fingerprint density at radius 1 is 1.42 bits per heavy atom. The summed E-state index contributed by atoms with van der Waals surface area (Å²) in [5.74, 6) is 0.235. The molecule has 5 heteroatoms. The first-order valence-corrected chi connectivity index (χ1v) is 3.72. The van der Waals surface area contributed by atoms with E-state index in [0.717, 1.165) is 0 Å². The largest absolute Gasteiger partial charge is 0.390 e. The maximum Gasteiger partial charge on any atom is 0.390 e. The summed E-state index contributed by atoms with van der Waals surface area (Å²) in [4.78, 5) is 1.31. The molecule has 0 fully saturated rings. The lowest BCUT2D eigenvalue weighted by Crippen LogP contribution is -2.29. The van der Waals surface area contributed by atoms with Crippen molar-refractivity contribution in [2.45, 2.75) is 25.9 Å². The van der Waals surface area contributed by atoms with Gasteiger partial charge >= 0.3 is 6.18 Å². The van der Waals surface area contributed by atoms with Crippen molar-refractivity contribution < 1.29 is 13.2 Å². The summed E-state index contributed by atoms with van der Waals surface area (Å²) < 4.78 is 35.1. The second-order valence-electron chi connectivity index (χ2n) is 2.59. The molecule has 0 unspecified atom stereocenters. The van der Waals surface area contributed by atoms with Gasteiger partial charge in [0.2, 0.25) is 0 Å². The summed E-state index contributed by atoms with van der Waals surface area (Å²) in [7, 11) is 1.50. The molecule has 0 aromatic carbocycles. The number of amidine groups is 1. The van der Waals surface area contributed by atoms with E-state index in [1.54, 1.807) is 6.92 Å². The van der Waals surface area contributed by atoms with Crippen molar-refractivity contribution in [3.05, 3.63) is 0 Å². The molecule has 0 amide bonds. The normalized spacial score (nSPS) is 11.4. The molecule has 0 aliphatic rings. The van der Waals surface area contributed by atoms with Gasteiger partial charge in [-0.1, -0.05) is 6.92 Å². The third-order valence-corrected chi connectivity index (χ3v) is 1.53. The fraction of sp³-hybridized carbons (Fsp3) is 0.857. The van der Waals surface area contributed by atoms with Gasteiger partial charge in [-0.25, -0.2) is 0 Å². The van der Waals surface area contributed by atoms with Crippen LogP contribution in [0.15, 0.2) is 0 Å². The molecule has 0 saturated carbocycles. The SMILES string of the molecule is CCC(=N)N(C)CCC(F)(F)F. The Bertz CT molecular complexity index is 153. The molecule has 0 atom stereocenters. The lowest BCUT2D eigenvalue weighted by atomic mass is 10.3. The Morgan fingerprint density at radius 2 is 1.92 bits per heavy atom. The molecule has 72 valence electrons. The molecule has 0 saturated heterocycles. The standard InChI is InChI=1S/C7H13F3N2/c1-3-6(11)12(2)5-4-7(8,9)10/h11H,3-5H2,1-2H3. The van der Waals surface area contributed by atoms with E-state index in [9.17, 15) is 13.2 Å². The highest BCUT2D eigenvalue weighted by molar-refractivity contribution is 5.78. The third-order valence-electron chi connectivity index (χ3n) is 1.53. The Balaban J connectivity index is 3.72. The third kappa shape index (κ3) is 4.98. The lowest BCUT2D eigenvalue weighted by Gasteiger charge is -2.19. The highest BCUT2D eigenvalue weighted by Crippen LogP contribution is 2.19. The van der Waals surface area contributed by atoms with Crippen LogP contribution in [0.3, 0.4) is 0 Å². The van der Waals surface area contributed by atoms with Gasteiger partial charge in [-0.05, 0) is 0 Å². The summed E-state index contributed by atoms with van der Waals surface area (Å²) in [6.45, 7) is 1.61. The van der Waals surface area contributed by atoms with Crippen LogP contribution >= 0.6 is 0 Å². The molecule has 12 heavy (non-hydrogen) atoms. The molecule has 1 N–H and O–H groups in total. The topological polar surface area (TPSA) is 27.1 Å². The zero-order chi connectivity index (χ0) is 9.78. The second kappa shape index (κ2) is 4.33. The van der Waals surface area contributed by atoms with Crippen LogP contribution in [0.25, 0.3) is 0 Å². The molecule has 0 rings (SSSR count). The van der Waals surface area contributed by atoms with E-state index in [2.05, 4.69) is 0 Å². The number of alkyl halides is 3. The highest BCUT2D eigenvalue weighted by Gasteiger charge is 2.27. The average Bonchev–Trinajstić information content (AvgIpc) is 1.97. The first kappa shape index (κ1) is 11.3. The van der Waals surface area contributed by atoms with Crippen molar-refractivity contribution in [1.82, 2.24) is 4.90 Å². The number of hydrogen-bond acceptors (Lipinski definition) is 1. The molecular formula is C7H13F3N2. The fourth-order valence-electron chi connectivity index (χ4n) is 0.699. The molecule has 0 spiro atoms. The van der Waals surface area contributed by atoms with Gasteiger partial charge in [-0.15, -0.1) is 0 Å². The van der Waals surface area contributed by atoms with Crippen molar-refractivity contribution in [2.75, 3.05) is 13.6 Å². The average molecular weight is 182 g/mol. The molecule has 0 heterocycles. The van der Waals surface area contributed by atoms with E-state index in [-0.39, 0.29) is 12.4 Å². The van der Waals surface area contributed by atoms with Crippen LogP contribution in [-0.2, 0) is 0 Å². The summed E-state index contributed by atoms with van der Waals surface area (Å²) >= 11 is 0. The number of nitrogens with zero attached hydrogens (tertiary/aromatic N) is 1. The van der Waals surface area contributed by atoms with Gasteiger partial charge in [-0.3, -0.25) is 5.41 Å². The van der Waals surface area contributed by atoms with Gasteiger partial charge < -0.3 is 4.90 Å². The molecule has 0 aliphatic carbocycles. The van der Waals surface area contributed by atoms with Crippen LogP contribution in [0, 0.1) is 5.41 Å². The van der Waals surface area contributed by atoms with Gasteiger partial charge in [0.15, 0.2) is 0 Å². The van der Waals surface area contributed by atoms with Gasteiger partial charge in [0, 0.05) is 20.0 Å². The van der Waals surface area contributed by atoms with Crippen LogP contribution in [0.5, 0.6) is 0 Å². The summed E-state index contributed by atoms with van der Waals surface area (Å²) in [6, 6.07) is 0. The van der Waals surface area contributed by atoms with Crippen molar-refractivity contribution in [3.8, 4) is 0 Å². The predicted octanol–water partition coefficient (Wildman–Crippen LogP) is 2.26. The number of hydrogen-bond donors (Lipinski definition) is 1. The van der Waals surface area contributed by atoms with Crippen LogP contribution in [0.4, 0.5) is 13.2 Å². The van der Waals surface area contributed by atoms with E-state index in [1.165, 1.54) is 11.9 Å². The number of halogens is 3. The van der Waals surface area contributed by atoms with E-state index in [4.69, 9.17) is 5.41 Å². The molecule has 0 aromatic heterocycles. The molecule has 0 aromatic rings. The van der Waals surface area contributed by atoms with Crippen molar-refractivity contribution in [2.24, 2.45) is 0 Å². The first-order valence-electron chi connectivity index (χ1n) is 3.72. The van der Waals surface area contributed by atoms with Gasteiger partial charge in [-0.2, -0.15) is 13.2 Å². The van der Waals surface area contributed by atoms with Gasteiger partial charge in [0.25, 0.3) is 0 Å². The molecule has 0 bridgehead atoms. The number of rotatable bonds is 3. The molecule has 0 radical (unpaired) electrons. The van der Waals surface area contributed by atoms with E-state index < -0.39 is 12.6 Å². The first-order chi connectivity index (χ1) is 5.37. The van der Waals surface area contributed by atoms with Crippen LogP contribution < -0.4 is 0 Å². The smallest absolute Gasteiger partial charge is 0.363 e. The van der Waals surface area contributed by atoms with Gasteiger partial charge in [0.1, 0.15) is 0 Å². The second-order valence-corrected chi connectivity index (χ2v) is 2.59. The predicted molar refractivity (Wildman–Crippen MR) is 41.3 cm³/mol. The summed E-state index contributed by atoms with van der Waals surface area (Å²) in [5.41, 5.74) is 0. The lowest BCUT2D eigenvalue weighted by molar-refractivity contribution is -0.135. The monoisotopic (exact) mass is 182 g/mol. The Hall–Kier alpha value is -0.740. The minimum absolute atomic E-state index is 0.129. The van der Waals surface area contributed by atoms with E-state index in [0.29, 0.717) is 6.42 Å². The minimum Gasteiger partial charge on any atom is -0.363 e. The highest BCUT2D eigenvalue weighted by atomic mass is 19.4. The summed E-state index contributed by atoms with van der Waals surface area (Å²) in [6.07, 6.45) is -4.51. The van der Waals surface area contributed by atoms with Gasteiger partial charge in [0.05, 0.1) is 12.3 Å². The Kier molecular flexibility index (Phi) is 4.06. The molecular weight excluding hydrogens is 169 g/mol. The zero-order valence-electron chi connectivity index (χ0n) is 7.20. The van der Waals surface area contributed by atoms with Crippen LogP contribution in [0.1, 0.15) is 19.8 Å². The molecule has 2 nitrogen and oxygen atoms in total. The molecule has 0 aliphatic heterocycles. The van der Waals surface area contributed by atoms with E-state index >= 15 is 0 Å². The van der Waals surface area contributed by atoms with Crippen molar-refractivity contribution in [1.29, 1.82) is 5.41 Å².